The molecule has 4 nitrogen and oxygen atoms in total. The van der Waals surface area contributed by atoms with Crippen molar-refractivity contribution in [3.8, 4) is 17.0 Å². The van der Waals surface area contributed by atoms with E-state index in [0.717, 1.165) is 54.4 Å². The Morgan fingerprint density at radius 1 is 0.725 bits per heavy atom. The molecule has 0 saturated carbocycles. The van der Waals surface area contributed by atoms with Crippen molar-refractivity contribution < 1.29 is 14.2 Å². The number of nitrogens with zero attached hydrogens (tertiary/aromatic N) is 1. The first-order valence-electron chi connectivity index (χ1n) is 16.6. The molecule has 3 rings (SSSR count). The summed E-state index contributed by atoms with van der Waals surface area (Å²) >= 11 is 0. The Morgan fingerprint density at radius 3 is 1.90 bits per heavy atom. The fourth-order valence-electron chi connectivity index (χ4n) is 5.57. The van der Waals surface area contributed by atoms with Crippen molar-refractivity contribution in [2.75, 3.05) is 19.8 Å². The minimum absolute atomic E-state index is 0.301. The second kappa shape index (κ2) is 20.0. The molecule has 1 fully saturated rings. The molecule has 1 saturated heterocycles. The number of aryl methyl sites for hydroxylation is 1. The zero-order valence-electron chi connectivity index (χ0n) is 25.9. The maximum absolute atomic E-state index is 6.09. The van der Waals surface area contributed by atoms with E-state index in [1.165, 1.54) is 103 Å². The van der Waals surface area contributed by atoms with Crippen LogP contribution in [0, 0.1) is 12.8 Å². The van der Waals surface area contributed by atoms with Crippen molar-refractivity contribution in [1.29, 1.82) is 0 Å². The molecular weight excluding hydrogens is 494 g/mol. The number of ether oxygens (including phenoxy) is 3. The van der Waals surface area contributed by atoms with Crippen LogP contribution in [-0.4, -0.2) is 24.8 Å². The number of benzene rings is 1. The first-order valence-corrected chi connectivity index (χ1v) is 16.6. The van der Waals surface area contributed by atoms with E-state index in [0.29, 0.717) is 5.92 Å². The largest absolute Gasteiger partial charge is 0.493 e. The van der Waals surface area contributed by atoms with Crippen LogP contribution in [0.25, 0.3) is 11.3 Å². The van der Waals surface area contributed by atoms with E-state index in [2.05, 4.69) is 51.1 Å². The van der Waals surface area contributed by atoms with E-state index < -0.39 is 0 Å². The monoisotopic (exact) mass is 551 g/mol. The van der Waals surface area contributed by atoms with Crippen molar-refractivity contribution in [3.63, 3.8) is 0 Å². The van der Waals surface area contributed by atoms with E-state index in [4.69, 9.17) is 19.2 Å². The topological polar surface area (TPSA) is 40.6 Å². The molecule has 0 atom stereocenters. The molecule has 40 heavy (non-hydrogen) atoms. The van der Waals surface area contributed by atoms with Crippen molar-refractivity contribution in [2.24, 2.45) is 5.92 Å². The molecule has 0 aliphatic carbocycles. The predicted octanol–water partition coefficient (Wildman–Crippen LogP) is 10.8. The van der Waals surface area contributed by atoms with E-state index in [1.807, 2.05) is 6.20 Å². The van der Waals surface area contributed by atoms with Crippen LogP contribution in [0.15, 0.2) is 36.5 Å². The fraction of sp³-hybridized carbons (Fsp3) is 0.694. The third-order valence-electron chi connectivity index (χ3n) is 8.22. The molecule has 1 aromatic carbocycles. The van der Waals surface area contributed by atoms with Gasteiger partial charge < -0.3 is 14.2 Å². The molecular formula is C36H57NO3. The Balaban J connectivity index is 1.31. The van der Waals surface area contributed by atoms with Crippen LogP contribution in [0.4, 0.5) is 0 Å². The molecule has 0 unspecified atom stereocenters. The van der Waals surface area contributed by atoms with Crippen molar-refractivity contribution >= 4 is 0 Å². The van der Waals surface area contributed by atoms with E-state index in [-0.39, 0.29) is 6.29 Å². The Morgan fingerprint density at radius 2 is 1.32 bits per heavy atom. The van der Waals surface area contributed by atoms with E-state index in [9.17, 15) is 0 Å². The van der Waals surface area contributed by atoms with Crippen LogP contribution >= 0.6 is 0 Å². The molecule has 1 aliphatic heterocycles. The van der Waals surface area contributed by atoms with Gasteiger partial charge in [0.1, 0.15) is 5.75 Å². The number of rotatable bonds is 21. The highest BCUT2D eigenvalue weighted by Crippen LogP contribution is 2.30. The number of hydrogen-bond donors (Lipinski definition) is 0. The summed E-state index contributed by atoms with van der Waals surface area (Å²) < 4.78 is 18.2. The lowest BCUT2D eigenvalue weighted by Gasteiger charge is -2.29. The fourth-order valence-corrected chi connectivity index (χ4v) is 5.57. The Labute approximate surface area is 245 Å². The first-order chi connectivity index (χ1) is 19.7. The maximum atomic E-state index is 6.09. The van der Waals surface area contributed by atoms with Crippen LogP contribution in [0.1, 0.15) is 140 Å². The molecule has 0 bridgehead atoms. The van der Waals surface area contributed by atoms with Gasteiger partial charge in [0, 0.05) is 23.2 Å². The highest BCUT2D eigenvalue weighted by Gasteiger charge is 2.23. The summed E-state index contributed by atoms with van der Waals surface area (Å²) in [4.78, 5) is 4.73. The van der Waals surface area contributed by atoms with Crippen molar-refractivity contribution in [3.05, 3.63) is 47.7 Å². The molecule has 0 spiro atoms. The average molecular weight is 552 g/mol. The van der Waals surface area contributed by atoms with Crippen LogP contribution in [0.5, 0.6) is 5.75 Å². The van der Waals surface area contributed by atoms with E-state index in [1.54, 1.807) is 0 Å². The summed E-state index contributed by atoms with van der Waals surface area (Å²) in [6.07, 6.45) is 24.3. The zero-order chi connectivity index (χ0) is 28.3. The third kappa shape index (κ3) is 12.3. The quantitative estimate of drug-likeness (QED) is 0.145. The molecule has 1 aromatic heterocycles. The third-order valence-corrected chi connectivity index (χ3v) is 8.22. The van der Waals surface area contributed by atoms with Gasteiger partial charge in [-0.15, -0.1) is 0 Å². The molecule has 0 N–H and O–H groups in total. The number of unbranched alkanes of at least 4 members (excludes halogenated alkanes) is 14. The zero-order valence-corrected chi connectivity index (χ0v) is 25.9. The Bertz CT molecular complexity index is 905. The molecule has 4 heteroatoms. The Hall–Kier alpha value is -1.91. The minimum Gasteiger partial charge on any atom is -0.493 e. The van der Waals surface area contributed by atoms with Gasteiger partial charge in [-0.3, -0.25) is 4.98 Å². The molecule has 224 valence electrons. The van der Waals surface area contributed by atoms with Crippen LogP contribution < -0.4 is 4.74 Å². The standard InChI is InChI=1S/C36H57NO3/c1-4-6-8-10-12-13-14-15-16-18-20-31-28-39-36(40-29-31)33-21-23-34(37-27-33)32-22-24-35(30(3)26-32)38-25-19-17-11-9-7-5-2/h21-24,26-27,31,36H,4-20,25,28-29H2,1-3H3. The van der Waals surface area contributed by atoms with Gasteiger partial charge in [0.25, 0.3) is 0 Å². The summed E-state index contributed by atoms with van der Waals surface area (Å²) in [6.45, 7) is 9.01. The number of hydrogen-bond acceptors (Lipinski definition) is 4. The van der Waals surface area contributed by atoms with Gasteiger partial charge in [0.15, 0.2) is 6.29 Å². The Kier molecular flexibility index (Phi) is 16.3. The van der Waals surface area contributed by atoms with Gasteiger partial charge in [0.05, 0.1) is 25.5 Å². The molecule has 0 amide bonds. The summed E-state index contributed by atoms with van der Waals surface area (Å²) in [5.41, 5.74) is 4.22. The van der Waals surface area contributed by atoms with Crippen molar-refractivity contribution in [1.82, 2.24) is 4.98 Å². The van der Waals surface area contributed by atoms with E-state index >= 15 is 0 Å². The second-order valence-electron chi connectivity index (χ2n) is 11.9. The molecule has 2 heterocycles. The average Bonchev–Trinajstić information content (AvgIpc) is 2.99. The number of pyridine rings is 1. The summed E-state index contributed by atoms with van der Waals surface area (Å²) in [5, 5.41) is 0. The smallest absolute Gasteiger partial charge is 0.185 e. The van der Waals surface area contributed by atoms with Crippen molar-refractivity contribution in [2.45, 2.75) is 136 Å². The van der Waals surface area contributed by atoms with Gasteiger partial charge in [-0.2, -0.15) is 0 Å². The second-order valence-corrected chi connectivity index (χ2v) is 11.9. The highest BCUT2D eigenvalue weighted by molar-refractivity contribution is 5.62. The lowest BCUT2D eigenvalue weighted by Crippen LogP contribution is -2.27. The summed E-state index contributed by atoms with van der Waals surface area (Å²) in [6, 6.07) is 10.5. The molecule has 2 aromatic rings. The van der Waals surface area contributed by atoms with Gasteiger partial charge in [-0.1, -0.05) is 116 Å². The lowest BCUT2D eigenvalue weighted by molar-refractivity contribution is -0.206. The SMILES string of the molecule is CCCCCCCCCCCCC1COC(c2ccc(-c3ccc(OCCCCCCCC)c(C)c3)nc2)OC1. The van der Waals surface area contributed by atoms with Gasteiger partial charge in [-0.05, 0) is 49.6 Å². The summed E-state index contributed by atoms with van der Waals surface area (Å²) in [7, 11) is 0. The minimum atomic E-state index is -0.301. The normalized spacial score (nSPS) is 17.3. The van der Waals surface area contributed by atoms with Gasteiger partial charge in [-0.25, -0.2) is 0 Å². The van der Waals surface area contributed by atoms with Crippen LogP contribution in [-0.2, 0) is 9.47 Å². The number of aromatic nitrogens is 1. The van der Waals surface area contributed by atoms with Gasteiger partial charge >= 0.3 is 0 Å². The summed E-state index contributed by atoms with van der Waals surface area (Å²) in [5.74, 6) is 1.49. The molecule has 1 aliphatic rings. The first kappa shape index (κ1) is 32.6. The molecule has 0 radical (unpaired) electrons. The van der Waals surface area contributed by atoms with Gasteiger partial charge in [0.2, 0.25) is 0 Å². The lowest BCUT2D eigenvalue weighted by atomic mass is 10.0. The maximum Gasteiger partial charge on any atom is 0.185 e. The van der Waals surface area contributed by atoms with Crippen LogP contribution in [0.2, 0.25) is 0 Å². The highest BCUT2D eigenvalue weighted by atomic mass is 16.7. The van der Waals surface area contributed by atoms with Crippen LogP contribution in [0.3, 0.4) is 0 Å². The predicted molar refractivity (Wildman–Crippen MR) is 168 cm³/mol.